The highest BCUT2D eigenvalue weighted by molar-refractivity contribution is 5.74. The molecule has 1 atom stereocenters. The molecule has 0 aliphatic rings. The number of nitrogens with one attached hydrogen (secondary N) is 1. The van der Waals surface area contributed by atoms with Gasteiger partial charge in [0, 0.05) is 13.6 Å². The molecule has 0 spiro atoms. The zero-order valence-corrected chi connectivity index (χ0v) is 10.2. The first-order valence-corrected chi connectivity index (χ1v) is 5.46. The maximum Gasteiger partial charge on any atom is 0.317 e. The van der Waals surface area contributed by atoms with Gasteiger partial charge in [0.25, 0.3) is 0 Å². The number of carbonyl (C=O) groups is 1. The van der Waals surface area contributed by atoms with Gasteiger partial charge in [-0.25, -0.2) is 4.79 Å². The fourth-order valence-electron chi connectivity index (χ4n) is 1.47. The van der Waals surface area contributed by atoms with Crippen molar-refractivity contribution in [1.29, 1.82) is 0 Å². The third kappa shape index (κ3) is 3.52. The summed E-state index contributed by atoms with van der Waals surface area (Å²) in [4.78, 5) is 13.3. The number of rotatable bonds is 4. The van der Waals surface area contributed by atoms with Crippen LogP contribution in [0.4, 0.5) is 4.79 Å². The molecule has 0 aromatic heterocycles. The van der Waals surface area contributed by atoms with Gasteiger partial charge in [0.1, 0.15) is 5.75 Å². The van der Waals surface area contributed by atoms with Gasteiger partial charge < -0.3 is 15.3 Å². The molecule has 2 amide bonds. The Hall–Kier alpha value is -1.97. The third-order valence-electron chi connectivity index (χ3n) is 2.65. The van der Waals surface area contributed by atoms with Gasteiger partial charge in [0.15, 0.2) is 0 Å². The predicted molar refractivity (Wildman–Crippen MR) is 67.9 cm³/mol. The number of benzene rings is 1. The molecule has 1 rings (SSSR count). The van der Waals surface area contributed by atoms with Crippen molar-refractivity contribution in [1.82, 2.24) is 10.2 Å². The van der Waals surface area contributed by atoms with Crippen LogP contribution in [0.2, 0.25) is 0 Å². The van der Waals surface area contributed by atoms with Crippen LogP contribution in [-0.4, -0.2) is 29.6 Å². The summed E-state index contributed by atoms with van der Waals surface area (Å²) in [6, 6.07) is 6.63. The Morgan fingerprint density at radius 2 is 2.35 bits per heavy atom. The Kier molecular flexibility index (Phi) is 4.57. The maximum absolute atomic E-state index is 11.7. The molecule has 0 fully saturated rings. The SMILES string of the molecule is C=CCNC(=O)N(C)[C@H](C)c1cccc(O)c1. The first-order valence-electron chi connectivity index (χ1n) is 5.46. The average Bonchev–Trinajstić information content (AvgIpc) is 2.34. The van der Waals surface area contributed by atoms with E-state index in [1.807, 2.05) is 13.0 Å². The van der Waals surface area contributed by atoms with Crippen LogP contribution in [0.5, 0.6) is 5.75 Å². The van der Waals surface area contributed by atoms with E-state index >= 15 is 0 Å². The lowest BCUT2D eigenvalue weighted by molar-refractivity contribution is 0.195. The molecule has 0 unspecified atom stereocenters. The molecule has 2 N–H and O–H groups in total. The van der Waals surface area contributed by atoms with Crippen LogP contribution in [0.3, 0.4) is 0 Å². The number of phenols is 1. The lowest BCUT2D eigenvalue weighted by Gasteiger charge is -2.25. The Labute approximate surface area is 102 Å². The molecule has 17 heavy (non-hydrogen) atoms. The highest BCUT2D eigenvalue weighted by atomic mass is 16.3. The standard InChI is InChI=1S/C13H18N2O2/c1-4-8-14-13(17)15(3)10(2)11-6-5-7-12(16)9-11/h4-7,9-10,16H,1,8H2,2-3H3,(H,14,17)/t10-/m1/s1. The van der Waals surface area contributed by atoms with Gasteiger partial charge in [-0.2, -0.15) is 0 Å². The molecule has 1 aromatic rings. The normalized spacial score (nSPS) is 11.6. The first kappa shape index (κ1) is 13.1. The minimum atomic E-state index is -0.166. The number of phenolic OH excluding ortho intramolecular Hbond substituents is 1. The van der Waals surface area contributed by atoms with Gasteiger partial charge in [-0.1, -0.05) is 18.2 Å². The predicted octanol–water partition coefficient (Wildman–Crippen LogP) is 2.28. The van der Waals surface area contributed by atoms with Gasteiger partial charge in [0.05, 0.1) is 6.04 Å². The van der Waals surface area contributed by atoms with E-state index in [0.29, 0.717) is 6.54 Å². The van der Waals surface area contributed by atoms with Gasteiger partial charge in [-0.3, -0.25) is 0 Å². The van der Waals surface area contributed by atoms with E-state index in [2.05, 4.69) is 11.9 Å². The van der Waals surface area contributed by atoms with E-state index in [-0.39, 0.29) is 17.8 Å². The number of carbonyl (C=O) groups excluding carboxylic acids is 1. The highest BCUT2D eigenvalue weighted by Crippen LogP contribution is 2.22. The topological polar surface area (TPSA) is 52.6 Å². The number of hydrogen-bond acceptors (Lipinski definition) is 2. The van der Waals surface area contributed by atoms with Crippen molar-refractivity contribution in [2.75, 3.05) is 13.6 Å². The third-order valence-corrected chi connectivity index (χ3v) is 2.65. The number of nitrogens with zero attached hydrogens (tertiary/aromatic N) is 1. The van der Waals surface area contributed by atoms with Crippen LogP contribution in [-0.2, 0) is 0 Å². The van der Waals surface area contributed by atoms with E-state index in [9.17, 15) is 9.90 Å². The number of amides is 2. The van der Waals surface area contributed by atoms with Crippen LogP contribution in [0.25, 0.3) is 0 Å². The molecule has 0 saturated carbocycles. The van der Waals surface area contributed by atoms with Crippen molar-refractivity contribution in [3.05, 3.63) is 42.5 Å². The summed E-state index contributed by atoms with van der Waals surface area (Å²) in [5.74, 6) is 0.203. The number of urea groups is 1. The summed E-state index contributed by atoms with van der Waals surface area (Å²) in [5.41, 5.74) is 0.890. The van der Waals surface area contributed by atoms with E-state index in [4.69, 9.17) is 0 Å². The van der Waals surface area contributed by atoms with Crippen molar-refractivity contribution in [2.24, 2.45) is 0 Å². The van der Waals surface area contributed by atoms with Crippen molar-refractivity contribution in [2.45, 2.75) is 13.0 Å². The summed E-state index contributed by atoms with van der Waals surface area (Å²) in [7, 11) is 1.72. The quantitative estimate of drug-likeness (QED) is 0.785. The lowest BCUT2D eigenvalue weighted by atomic mass is 10.1. The van der Waals surface area contributed by atoms with Gasteiger partial charge in [-0.05, 0) is 24.6 Å². The maximum atomic E-state index is 11.7. The fourth-order valence-corrected chi connectivity index (χ4v) is 1.47. The smallest absolute Gasteiger partial charge is 0.317 e. The molecule has 0 radical (unpaired) electrons. The average molecular weight is 234 g/mol. The van der Waals surface area contributed by atoms with Gasteiger partial charge in [-0.15, -0.1) is 6.58 Å². The summed E-state index contributed by atoms with van der Waals surface area (Å²) in [6.07, 6.45) is 1.63. The van der Waals surface area contributed by atoms with Gasteiger partial charge in [0.2, 0.25) is 0 Å². The Bertz CT molecular complexity index is 404. The second-order valence-electron chi connectivity index (χ2n) is 3.86. The van der Waals surface area contributed by atoms with Crippen LogP contribution in [0.15, 0.2) is 36.9 Å². The van der Waals surface area contributed by atoms with Crippen molar-refractivity contribution < 1.29 is 9.90 Å². The van der Waals surface area contributed by atoms with E-state index < -0.39 is 0 Å². The van der Waals surface area contributed by atoms with Crippen molar-refractivity contribution in [3.63, 3.8) is 0 Å². The molecule has 0 saturated heterocycles. The highest BCUT2D eigenvalue weighted by Gasteiger charge is 2.16. The Balaban J connectivity index is 2.72. The van der Waals surface area contributed by atoms with E-state index in [1.165, 1.54) is 0 Å². The minimum absolute atomic E-state index is 0.105. The Morgan fingerprint density at radius 1 is 1.65 bits per heavy atom. The minimum Gasteiger partial charge on any atom is -0.508 e. The zero-order valence-electron chi connectivity index (χ0n) is 10.2. The molecular formula is C13H18N2O2. The summed E-state index contributed by atoms with van der Waals surface area (Å²) in [6.45, 7) is 5.89. The molecule has 0 bridgehead atoms. The molecule has 0 heterocycles. The number of aromatic hydroxyl groups is 1. The molecule has 4 heteroatoms. The second-order valence-corrected chi connectivity index (χ2v) is 3.86. The van der Waals surface area contributed by atoms with Crippen LogP contribution >= 0.6 is 0 Å². The van der Waals surface area contributed by atoms with Crippen LogP contribution in [0, 0.1) is 0 Å². The molecule has 92 valence electrons. The molecular weight excluding hydrogens is 216 g/mol. The molecule has 0 aliphatic carbocycles. The second kappa shape index (κ2) is 5.94. The Morgan fingerprint density at radius 3 is 2.94 bits per heavy atom. The zero-order chi connectivity index (χ0) is 12.8. The van der Waals surface area contributed by atoms with Crippen LogP contribution < -0.4 is 5.32 Å². The molecule has 0 aliphatic heterocycles. The molecule has 1 aromatic carbocycles. The number of hydrogen-bond donors (Lipinski definition) is 2. The van der Waals surface area contributed by atoms with Gasteiger partial charge >= 0.3 is 6.03 Å². The summed E-state index contributed by atoms with van der Waals surface area (Å²) >= 11 is 0. The van der Waals surface area contributed by atoms with Crippen LogP contribution in [0.1, 0.15) is 18.5 Å². The fraction of sp³-hybridized carbons (Fsp3) is 0.308. The molecule has 4 nitrogen and oxygen atoms in total. The van der Waals surface area contributed by atoms with Crippen molar-refractivity contribution in [3.8, 4) is 5.75 Å². The van der Waals surface area contributed by atoms with Crippen molar-refractivity contribution >= 4 is 6.03 Å². The lowest BCUT2D eigenvalue weighted by Crippen LogP contribution is -2.38. The first-order chi connectivity index (χ1) is 8.06. The monoisotopic (exact) mass is 234 g/mol. The van der Waals surface area contributed by atoms with E-state index in [0.717, 1.165) is 5.56 Å². The van der Waals surface area contributed by atoms with E-state index in [1.54, 1.807) is 36.2 Å². The summed E-state index contributed by atoms with van der Waals surface area (Å²) in [5, 5.41) is 12.1. The summed E-state index contributed by atoms with van der Waals surface area (Å²) < 4.78 is 0. The largest absolute Gasteiger partial charge is 0.508 e.